The van der Waals surface area contributed by atoms with E-state index >= 15 is 0 Å². The van der Waals surface area contributed by atoms with E-state index in [0.29, 0.717) is 5.41 Å². The molecule has 0 aromatic carbocycles. The Morgan fingerprint density at radius 1 is 1.28 bits per heavy atom. The lowest BCUT2D eigenvalue weighted by Crippen LogP contribution is -2.22. The molecule has 0 atom stereocenters. The van der Waals surface area contributed by atoms with Crippen LogP contribution in [0.1, 0.15) is 68.1 Å². The Kier molecular flexibility index (Phi) is 5.29. The molecule has 156 valence electrons. The number of aromatic nitrogens is 3. The van der Waals surface area contributed by atoms with Gasteiger partial charge >= 0.3 is 6.03 Å². The van der Waals surface area contributed by atoms with E-state index in [1.54, 1.807) is 4.68 Å². The lowest BCUT2D eigenvalue weighted by atomic mass is 10.0. The lowest BCUT2D eigenvalue weighted by molar-refractivity contribution is 0.259. The molecule has 3 aliphatic rings. The Morgan fingerprint density at radius 3 is 2.59 bits per heavy atom. The maximum Gasteiger partial charge on any atom is 0.316 e. The van der Waals surface area contributed by atoms with E-state index in [4.69, 9.17) is 15.9 Å². The number of carbonyl (C=O) groups excluding carboxylic acids is 1. The number of anilines is 1. The molecule has 2 aromatic heterocycles. The van der Waals surface area contributed by atoms with Crippen LogP contribution < -0.4 is 16.2 Å². The fraction of sp³-hybridized carbons (Fsp3) is 0.550. The van der Waals surface area contributed by atoms with Gasteiger partial charge in [0.25, 0.3) is 0 Å². The van der Waals surface area contributed by atoms with Crippen LogP contribution in [0.3, 0.4) is 0 Å². The molecule has 5 rings (SSSR count). The van der Waals surface area contributed by atoms with Crippen molar-refractivity contribution in [3.63, 3.8) is 0 Å². The van der Waals surface area contributed by atoms with Crippen molar-refractivity contribution in [2.45, 2.75) is 75.3 Å². The van der Waals surface area contributed by atoms with E-state index in [0.717, 1.165) is 43.3 Å². The van der Waals surface area contributed by atoms with Gasteiger partial charge in [-0.1, -0.05) is 0 Å². The van der Waals surface area contributed by atoms with Crippen LogP contribution in [0.5, 0.6) is 0 Å². The van der Waals surface area contributed by atoms with Gasteiger partial charge in [-0.05, 0) is 81.9 Å². The van der Waals surface area contributed by atoms with Gasteiger partial charge < -0.3 is 11.1 Å². The molecule has 1 fully saturated rings. The largest absolute Gasteiger partial charge is 0.351 e. The Bertz CT molecular complexity index is 953. The minimum absolute atomic E-state index is 0.172. The number of urea groups is 1. The summed E-state index contributed by atoms with van der Waals surface area (Å²) < 4.78 is 14.3. The van der Waals surface area contributed by atoms with Crippen molar-refractivity contribution in [2.24, 2.45) is 10.9 Å². The summed E-state index contributed by atoms with van der Waals surface area (Å²) in [6.45, 7) is 3.86. The molecule has 1 saturated carbocycles. The summed E-state index contributed by atoms with van der Waals surface area (Å²) in [5.74, 6) is -0.355. The Hall–Kier alpha value is -2.13. The van der Waals surface area contributed by atoms with Crippen molar-refractivity contribution < 1.29 is 9.18 Å². The number of hydrogen-bond donors (Lipinski definition) is 3. The number of primary amides is 1. The number of carbonyl (C=O) groups is 1. The Labute approximate surface area is 173 Å². The van der Waals surface area contributed by atoms with Crippen molar-refractivity contribution in [1.29, 1.82) is 0 Å². The lowest BCUT2D eigenvalue weighted by Gasteiger charge is -2.15. The molecule has 7 nitrogen and oxygen atoms in total. The number of pyridine rings is 1. The monoisotopic (exact) mass is 418 g/mol. The molecule has 0 radical (unpaired) electrons. The summed E-state index contributed by atoms with van der Waals surface area (Å²) >= 11 is 0.827. The number of hydrogen-bond acceptors (Lipinski definition) is 5. The second-order valence-electron chi connectivity index (χ2n) is 8.34. The molecule has 3 aliphatic carbocycles. The predicted molar refractivity (Wildman–Crippen MR) is 111 cm³/mol. The smallest absolute Gasteiger partial charge is 0.316 e. The summed E-state index contributed by atoms with van der Waals surface area (Å²) in [5, 5.41) is 12.2. The second-order valence-corrected chi connectivity index (χ2v) is 8.96. The fourth-order valence-corrected chi connectivity index (χ4v) is 4.70. The molecule has 2 aromatic rings. The van der Waals surface area contributed by atoms with Crippen LogP contribution in [0.2, 0.25) is 0 Å². The van der Waals surface area contributed by atoms with Gasteiger partial charge in [-0.15, -0.1) is 0 Å². The first-order valence-corrected chi connectivity index (χ1v) is 11.0. The molecule has 0 saturated heterocycles. The van der Waals surface area contributed by atoms with Gasteiger partial charge in [0, 0.05) is 17.2 Å². The fourth-order valence-electron chi connectivity index (χ4n) is 4.40. The molecule has 0 unspecified atom stereocenters. The first kappa shape index (κ1) is 20.2. The maximum absolute atomic E-state index is 12.8. The number of aryl methyl sites for hydroxylation is 1. The molecular formula is C20H27FN6OS. The highest BCUT2D eigenvalue weighted by Crippen LogP contribution is 2.58. The maximum atomic E-state index is 12.8. The van der Waals surface area contributed by atoms with Crippen molar-refractivity contribution in [2.75, 3.05) is 5.32 Å². The van der Waals surface area contributed by atoms with E-state index in [-0.39, 0.29) is 16.9 Å². The van der Waals surface area contributed by atoms with Crippen LogP contribution in [0.25, 0.3) is 0 Å². The molecule has 0 bridgehead atoms. The molecule has 5 N–H and O–H groups in total. The summed E-state index contributed by atoms with van der Waals surface area (Å²) in [5.41, 5.74) is 11.7. The average Bonchev–Trinajstić information content (AvgIpc) is 3.01. The van der Waals surface area contributed by atoms with Crippen molar-refractivity contribution in [3.8, 4) is 0 Å². The number of rotatable bonds is 3. The van der Waals surface area contributed by atoms with E-state index in [2.05, 4.69) is 10.4 Å². The van der Waals surface area contributed by atoms with Crippen LogP contribution in [0.4, 0.5) is 14.9 Å². The van der Waals surface area contributed by atoms with Crippen LogP contribution in [-0.4, -0.2) is 20.8 Å². The number of amides is 2. The second kappa shape index (κ2) is 7.60. The van der Waals surface area contributed by atoms with Crippen LogP contribution in [0.15, 0.2) is 11.2 Å². The zero-order valence-corrected chi connectivity index (χ0v) is 17.6. The highest BCUT2D eigenvalue weighted by molar-refractivity contribution is 7.97. The summed E-state index contributed by atoms with van der Waals surface area (Å²) in [6.07, 6.45) is 9.34. The number of nitrogens with two attached hydrogens (primary N) is 2. The van der Waals surface area contributed by atoms with Gasteiger partial charge in [0.2, 0.25) is 0 Å². The van der Waals surface area contributed by atoms with Gasteiger partial charge in [0.15, 0.2) is 10.8 Å². The summed E-state index contributed by atoms with van der Waals surface area (Å²) in [4.78, 5) is 16.2. The van der Waals surface area contributed by atoms with Gasteiger partial charge in [0.05, 0.1) is 17.6 Å². The molecule has 29 heavy (non-hydrogen) atoms. The standard InChI is InChI=1S/C14H17N3O.C6H10FN3S/c15-13(18)17-11-8-2-1-3-10(8)16-12-9(11)4-5-14(12)6-7-14;1-4(2)10-3-5(7)6(9-10)11-8/h1-7H2,(H3,15,16,17,18);3-4H,8H2,1-2H3. The third kappa shape index (κ3) is 3.73. The van der Waals surface area contributed by atoms with Crippen LogP contribution >= 0.6 is 11.9 Å². The quantitative estimate of drug-likeness (QED) is 0.659. The first-order valence-electron chi connectivity index (χ1n) is 10.1. The normalized spacial score (nSPS) is 17.7. The number of fused-ring (bicyclic) bond motifs is 3. The highest BCUT2D eigenvalue weighted by Gasteiger charge is 2.51. The highest BCUT2D eigenvalue weighted by atomic mass is 32.2. The van der Waals surface area contributed by atoms with Gasteiger partial charge in [-0.25, -0.2) is 9.18 Å². The zero-order chi connectivity index (χ0) is 20.8. The third-order valence-electron chi connectivity index (χ3n) is 6.08. The molecular weight excluding hydrogens is 391 g/mol. The SMILES string of the molecule is CC(C)n1cc(F)c(SN)n1.NC(=O)Nc1c2c(nc3c1CCC31CC1)CCC2. The zero-order valence-electron chi connectivity index (χ0n) is 16.8. The summed E-state index contributed by atoms with van der Waals surface area (Å²) in [6, 6.07) is -0.278. The average molecular weight is 419 g/mol. The van der Waals surface area contributed by atoms with E-state index in [1.807, 2.05) is 13.8 Å². The number of nitrogens with one attached hydrogen (secondary N) is 1. The van der Waals surface area contributed by atoms with E-state index in [9.17, 15) is 9.18 Å². The van der Waals surface area contributed by atoms with Gasteiger partial charge in [-0.3, -0.25) is 14.8 Å². The van der Waals surface area contributed by atoms with Crippen molar-refractivity contribution in [1.82, 2.24) is 14.8 Å². The number of halogens is 1. The minimum Gasteiger partial charge on any atom is -0.351 e. The van der Waals surface area contributed by atoms with Crippen molar-refractivity contribution >= 4 is 23.7 Å². The molecule has 0 aliphatic heterocycles. The van der Waals surface area contributed by atoms with Gasteiger partial charge in [-0.2, -0.15) is 5.10 Å². The first-order chi connectivity index (χ1) is 13.8. The minimum atomic E-state index is -0.450. The van der Waals surface area contributed by atoms with Crippen LogP contribution in [-0.2, 0) is 24.7 Å². The Balaban J connectivity index is 0.000000161. The van der Waals surface area contributed by atoms with Crippen molar-refractivity contribution in [3.05, 3.63) is 34.5 Å². The Morgan fingerprint density at radius 2 is 2.03 bits per heavy atom. The third-order valence-corrected chi connectivity index (χ3v) is 6.58. The van der Waals surface area contributed by atoms with Crippen LogP contribution in [0, 0.1) is 5.82 Å². The molecule has 9 heteroatoms. The topological polar surface area (TPSA) is 112 Å². The summed E-state index contributed by atoms with van der Waals surface area (Å²) in [7, 11) is 0. The number of nitrogens with zero attached hydrogens (tertiary/aromatic N) is 3. The predicted octanol–water partition coefficient (Wildman–Crippen LogP) is 3.61. The molecule has 2 amide bonds. The molecule has 1 spiro atoms. The van der Waals surface area contributed by atoms with E-state index < -0.39 is 6.03 Å². The van der Waals surface area contributed by atoms with Gasteiger partial charge in [0.1, 0.15) is 0 Å². The van der Waals surface area contributed by atoms with E-state index in [1.165, 1.54) is 48.0 Å². The molecule has 2 heterocycles.